The molecule has 10 heteroatoms. The number of rotatable bonds is 6. The van der Waals surface area contributed by atoms with E-state index in [1.807, 2.05) is 16.8 Å². The van der Waals surface area contributed by atoms with E-state index >= 15 is 0 Å². The summed E-state index contributed by atoms with van der Waals surface area (Å²) < 4.78 is 11.3. The van der Waals surface area contributed by atoms with Gasteiger partial charge in [0.25, 0.3) is 11.4 Å². The lowest BCUT2D eigenvalue weighted by molar-refractivity contribution is -0.141. The van der Waals surface area contributed by atoms with Gasteiger partial charge in [-0.1, -0.05) is 29.1 Å². The number of thiophene rings is 1. The second kappa shape index (κ2) is 7.95. The maximum atomic E-state index is 12.8. The Bertz CT molecular complexity index is 1180. The van der Waals surface area contributed by atoms with Crippen molar-refractivity contribution in [3.8, 4) is 11.5 Å². The summed E-state index contributed by atoms with van der Waals surface area (Å²) in [6.45, 7) is -0.220. The molecule has 1 aromatic carbocycles. The molecular formula is C18H14N4O4S2. The normalized spacial score (nSPS) is 11.0. The molecule has 0 fully saturated rings. The van der Waals surface area contributed by atoms with Crippen LogP contribution in [0.5, 0.6) is 0 Å². The van der Waals surface area contributed by atoms with E-state index in [9.17, 15) is 9.59 Å². The number of esters is 1. The molecule has 3 heterocycles. The summed E-state index contributed by atoms with van der Waals surface area (Å²) in [7, 11) is 1.28. The number of benzene rings is 1. The zero-order chi connectivity index (χ0) is 19.5. The van der Waals surface area contributed by atoms with Crippen molar-refractivity contribution in [2.75, 3.05) is 7.11 Å². The Balaban J connectivity index is 1.64. The molecule has 142 valence electrons. The molecular weight excluding hydrogens is 400 g/mol. The van der Waals surface area contributed by atoms with E-state index in [0.29, 0.717) is 33.5 Å². The first-order valence-electron chi connectivity index (χ1n) is 8.20. The minimum atomic E-state index is -0.527. The van der Waals surface area contributed by atoms with Gasteiger partial charge in [0.2, 0.25) is 0 Å². The van der Waals surface area contributed by atoms with Crippen molar-refractivity contribution in [1.82, 2.24) is 19.7 Å². The topological polar surface area (TPSA) is 100 Å². The van der Waals surface area contributed by atoms with E-state index in [1.165, 1.54) is 23.4 Å². The quantitative estimate of drug-likeness (QED) is 0.270. The highest BCUT2D eigenvalue weighted by Gasteiger charge is 2.16. The van der Waals surface area contributed by atoms with E-state index in [-0.39, 0.29) is 12.1 Å². The third-order valence-electron chi connectivity index (χ3n) is 3.91. The summed E-state index contributed by atoms with van der Waals surface area (Å²) >= 11 is 2.80. The van der Waals surface area contributed by atoms with Gasteiger partial charge in [0.15, 0.2) is 11.0 Å². The summed E-state index contributed by atoms with van der Waals surface area (Å²) in [5, 5.41) is 8.64. The summed E-state index contributed by atoms with van der Waals surface area (Å²) in [5.74, 6) is 0.716. The maximum absolute atomic E-state index is 12.8. The molecule has 28 heavy (non-hydrogen) atoms. The third kappa shape index (κ3) is 3.69. The summed E-state index contributed by atoms with van der Waals surface area (Å²) in [5.41, 5.74) is 1.12. The van der Waals surface area contributed by atoms with Crippen LogP contribution in [-0.2, 0) is 21.8 Å². The summed E-state index contributed by atoms with van der Waals surface area (Å²) in [6.07, 6.45) is 0. The van der Waals surface area contributed by atoms with Gasteiger partial charge >= 0.3 is 5.97 Å². The van der Waals surface area contributed by atoms with Gasteiger partial charge in [0.05, 0.1) is 29.3 Å². The first-order chi connectivity index (χ1) is 13.7. The van der Waals surface area contributed by atoms with Crippen molar-refractivity contribution < 1.29 is 14.1 Å². The highest BCUT2D eigenvalue weighted by Crippen LogP contribution is 2.24. The van der Waals surface area contributed by atoms with Crippen LogP contribution < -0.4 is 5.56 Å². The van der Waals surface area contributed by atoms with Crippen LogP contribution in [0.25, 0.3) is 22.4 Å². The monoisotopic (exact) mass is 414 g/mol. The minimum absolute atomic E-state index is 0.220. The third-order valence-corrected chi connectivity index (χ3v) is 5.56. The number of methoxy groups -OCH3 is 1. The summed E-state index contributed by atoms with van der Waals surface area (Å²) in [6, 6.07) is 8.89. The van der Waals surface area contributed by atoms with Gasteiger partial charge in [0, 0.05) is 5.38 Å². The van der Waals surface area contributed by atoms with Gasteiger partial charge in [-0.2, -0.15) is 16.3 Å². The average Bonchev–Trinajstić information content (AvgIpc) is 3.40. The molecule has 0 amide bonds. The fourth-order valence-electron chi connectivity index (χ4n) is 2.54. The number of nitrogens with zero attached hydrogens (tertiary/aromatic N) is 4. The van der Waals surface area contributed by atoms with Crippen LogP contribution in [0.15, 0.2) is 55.6 Å². The Morgan fingerprint density at radius 3 is 2.93 bits per heavy atom. The van der Waals surface area contributed by atoms with Crippen LogP contribution in [0.2, 0.25) is 0 Å². The van der Waals surface area contributed by atoms with Crippen LogP contribution in [0.4, 0.5) is 0 Å². The Morgan fingerprint density at radius 2 is 2.14 bits per heavy atom. The zero-order valence-electron chi connectivity index (χ0n) is 14.7. The minimum Gasteiger partial charge on any atom is -0.468 e. The van der Waals surface area contributed by atoms with Crippen molar-refractivity contribution in [1.29, 1.82) is 0 Å². The molecule has 0 unspecified atom stereocenters. The molecule has 3 aromatic heterocycles. The Morgan fingerprint density at radius 1 is 1.29 bits per heavy atom. The smallest absolute Gasteiger partial charge is 0.325 e. The number of hydrogen-bond donors (Lipinski definition) is 0. The number of fused-ring (bicyclic) bond motifs is 1. The second-order valence-electron chi connectivity index (χ2n) is 5.70. The second-order valence-corrected chi connectivity index (χ2v) is 7.42. The number of hydrogen-bond acceptors (Lipinski definition) is 9. The average molecular weight is 414 g/mol. The van der Waals surface area contributed by atoms with Crippen molar-refractivity contribution in [3.05, 3.63) is 57.3 Å². The molecule has 0 aliphatic rings. The predicted octanol–water partition coefficient (Wildman–Crippen LogP) is 2.97. The molecule has 0 spiro atoms. The number of thioether (sulfide) groups is 1. The number of para-hydroxylation sites is 1. The van der Waals surface area contributed by atoms with Gasteiger partial charge < -0.3 is 9.26 Å². The fourth-order valence-corrected chi connectivity index (χ4v) is 4.01. The van der Waals surface area contributed by atoms with Crippen LogP contribution in [0.1, 0.15) is 5.82 Å². The van der Waals surface area contributed by atoms with E-state index in [1.54, 1.807) is 35.6 Å². The SMILES string of the molecule is COC(=O)Cn1c(SCc2noc(-c3ccsc3)n2)nc2ccccc2c1=O. The number of carbonyl (C=O) groups is 1. The van der Waals surface area contributed by atoms with Crippen molar-refractivity contribution >= 4 is 40.0 Å². The van der Waals surface area contributed by atoms with Crippen molar-refractivity contribution in [2.45, 2.75) is 17.5 Å². The molecule has 4 aromatic rings. The Kier molecular flexibility index (Phi) is 5.22. The number of aromatic nitrogens is 4. The molecule has 8 nitrogen and oxygen atoms in total. The highest BCUT2D eigenvalue weighted by atomic mass is 32.2. The van der Waals surface area contributed by atoms with Gasteiger partial charge in [-0.15, -0.1) is 0 Å². The number of carbonyl (C=O) groups excluding carboxylic acids is 1. The molecule has 4 rings (SSSR count). The molecule has 0 aliphatic heterocycles. The van der Waals surface area contributed by atoms with E-state index in [0.717, 1.165) is 5.56 Å². The lowest BCUT2D eigenvalue weighted by Gasteiger charge is -2.11. The van der Waals surface area contributed by atoms with Gasteiger partial charge in [-0.05, 0) is 23.6 Å². The van der Waals surface area contributed by atoms with E-state index in [2.05, 4.69) is 15.1 Å². The molecule has 0 saturated heterocycles. The molecule has 0 bridgehead atoms. The van der Waals surface area contributed by atoms with E-state index < -0.39 is 5.97 Å². The van der Waals surface area contributed by atoms with Crippen LogP contribution >= 0.6 is 23.1 Å². The van der Waals surface area contributed by atoms with Gasteiger partial charge in [-0.3, -0.25) is 14.2 Å². The Labute approximate surface area is 167 Å². The highest BCUT2D eigenvalue weighted by molar-refractivity contribution is 7.98. The largest absolute Gasteiger partial charge is 0.468 e. The Hall–Kier alpha value is -2.98. The van der Waals surface area contributed by atoms with E-state index in [4.69, 9.17) is 9.26 Å². The van der Waals surface area contributed by atoms with Crippen LogP contribution in [0.3, 0.4) is 0 Å². The van der Waals surface area contributed by atoms with Gasteiger partial charge in [-0.25, -0.2) is 4.98 Å². The molecule has 0 radical (unpaired) electrons. The van der Waals surface area contributed by atoms with Crippen molar-refractivity contribution in [2.24, 2.45) is 0 Å². The zero-order valence-corrected chi connectivity index (χ0v) is 16.3. The first kappa shape index (κ1) is 18.4. The van der Waals surface area contributed by atoms with Crippen molar-refractivity contribution in [3.63, 3.8) is 0 Å². The maximum Gasteiger partial charge on any atom is 0.325 e. The molecule has 0 atom stereocenters. The molecule has 0 N–H and O–H groups in total. The van der Waals surface area contributed by atoms with Crippen LogP contribution in [-0.4, -0.2) is 32.8 Å². The fraction of sp³-hybridized carbons (Fsp3) is 0.167. The lowest BCUT2D eigenvalue weighted by atomic mass is 10.2. The standard InChI is InChI=1S/C18H14N4O4S2/c1-25-15(23)8-22-17(24)12-4-2-3-5-13(12)19-18(22)28-10-14-20-16(26-21-14)11-6-7-27-9-11/h2-7,9H,8,10H2,1H3. The first-order valence-corrected chi connectivity index (χ1v) is 10.1. The van der Waals surface area contributed by atoms with Gasteiger partial charge in [0.1, 0.15) is 6.54 Å². The predicted molar refractivity (Wildman–Crippen MR) is 105 cm³/mol. The summed E-state index contributed by atoms with van der Waals surface area (Å²) in [4.78, 5) is 33.5. The molecule has 0 saturated carbocycles. The van der Waals surface area contributed by atoms with Crippen LogP contribution in [0, 0.1) is 0 Å². The number of ether oxygens (including phenoxy) is 1. The molecule has 0 aliphatic carbocycles. The lowest BCUT2D eigenvalue weighted by Crippen LogP contribution is -2.27.